The van der Waals surface area contributed by atoms with Gasteiger partial charge in [-0.05, 0) is 37.5 Å². The quantitative estimate of drug-likeness (QED) is 0.840. The molecule has 0 aromatic heterocycles. The molecule has 4 heteroatoms. The van der Waals surface area contributed by atoms with Gasteiger partial charge >= 0.3 is 0 Å². The van der Waals surface area contributed by atoms with Gasteiger partial charge in [0.2, 0.25) is 11.8 Å². The van der Waals surface area contributed by atoms with E-state index in [1.165, 1.54) is 19.3 Å². The fraction of sp³-hybridized carbons (Fsp3) is 0.875. The Morgan fingerprint density at radius 2 is 1.90 bits per heavy atom. The van der Waals surface area contributed by atoms with Gasteiger partial charge in [0.1, 0.15) is 6.04 Å². The van der Waals surface area contributed by atoms with Crippen LogP contribution in [0.5, 0.6) is 0 Å². The second-order valence-electron chi connectivity index (χ2n) is 6.74. The zero-order chi connectivity index (χ0) is 14.5. The molecule has 1 unspecified atom stereocenters. The van der Waals surface area contributed by atoms with Gasteiger partial charge in [0.05, 0.1) is 6.54 Å². The zero-order valence-corrected chi connectivity index (χ0v) is 12.9. The molecule has 0 radical (unpaired) electrons. The third-order valence-corrected chi connectivity index (χ3v) is 4.56. The van der Waals surface area contributed by atoms with E-state index >= 15 is 0 Å². The molecule has 0 aromatic carbocycles. The Labute approximate surface area is 122 Å². The minimum atomic E-state index is -0.254. The average Bonchev–Trinajstić information content (AvgIpc) is 2.43. The Morgan fingerprint density at radius 3 is 2.55 bits per heavy atom. The summed E-state index contributed by atoms with van der Waals surface area (Å²) in [6.45, 7) is 5.36. The van der Waals surface area contributed by atoms with Crippen LogP contribution in [-0.4, -0.2) is 35.8 Å². The molecule has 2 rings (SSSR count). The van der Waals surface area contributed by atoms with Gasteiger partial charge in [0.25, 0.3) is 0 Å². The van der Waals surface area contributed by atoms with Crippen LogP contribution in [0.25, 0.3) is 0 Å². The molecule has 1 heterocycles. The Bertz CT molecular complexity index is 348. The van der Waals surface area contributed by atoms with Gasteiger partial charge < -0.3 is 10.2 Å². The van der Waals surface area contributed by atoms with E-state index in [1.807, 2.05) is 0 Å². The monoisotopic (exact) mass is 280 g/mol. The lowest BCUT2D eigenvalue weighted by atomic mass is 9.82. The maximum absolute atomic E-state index is 12.6. The predicted octanol–water partition coefficient (Wildman–Crippen LogP) is 2.33. The standard InChI is InChI=1S/C16H28N2O2/c1-12(2)7-6-10-18-11-14(19)17-15(16(18)20)13-8-4-3-5-9-13/h12-13,15H,3-11H2,1-2H3,(H,17,19). The number of carbonyl (C=O) groups excluding carboxylic acids is 2. The van der Waals surface area contributed by atoms with Crippen LogP contribution in [-0.2, 0) is 9.59 Å². The van der Waals surface area contributed by atoms with Crippen molar-refractivity contribution in [1.29, 1.82) is 0 Å². The molecule has 1 N–H and O–H groups in total. The largest absolute Gasteiger partial charge is 0.342 e. The number of carbonyl (C=O) groups is 2. The molecule has 2 amide bonds. The molecule has 0 spiro atoms. The average molecular weight is 280 g/mol. The van der Waals surface area contributed by atoms with Crippen molar-refractivity contribution < 1.29 is 9.59 Å². The highest BCUT2D eigenvalue weighted by atomic mass is 16.2. The number of amides is 2. The maximum atomic E-state index is 12.6. The van der Waals surface area contributed by atoms with Gasteiger partial charge in [-0.1, -0.05) is 33.1 Å². The first-order valence-electron chi connectivity index (χ1n) is 8.16. The van der Waals surface area contributed by atoms with Crippen molar-refractivity contribution in [2.75, 3.05) is 13.1 Å². The highest BCUT2D eigenvalue weighted by Crippen LogP contribution is 2.28. The summed E-state index contributed by atoms with van der Waals surface area (Å²) in [5.74, 6) is 1.18. The molecule has 1 aliphatic heterocycles. The van der Waals surface area contributed by atoms with Crippen LogP contribution in [0.4, 0.5) is 0 Å². The van der Waals surface area contributed by atoms with E-state index < -0.39 is 0 Å². The molecule has 2 aliphatic rings. The molecule has 0 bridgehead atoms. The Hall–Kier alpha value is -1.06. The normalized spacial score (nSPS) is 25.1. The highest BCUT2D eigenvalue weighted by Gasteiger charge is 2.37. The fourth-order valence-electron chi connectivity index (χ4n) is 3.40. The lowest BCUT2D eigenvalue weighted by Crippen LogP contribution is -2.60. The summed E-state index contributed by atoms with van der Waals surface area (Å²) in [7, 11) is 0. The van der Waals surface area contributed by atoms with Crippen molar-refractivity contribution in [2.45, 2.75) is 64.8 Å². The van der Waals surface area contributed by atoms with Crippen molar-refractivity contribution in [3.63, 3.8) is 0 Å². The van der Waals surface area contributed by atoms with Crippen LogP contribution in [0, 0.1) is 11.8 Å². The van der Waals surface area contributed by atoms with Gasteiger partial charge in [0.15, 0.2) is 0 Å². The summed E-state index contributed by atoms with van der Waals surface area (Å²) in [5.41, 5.74) is 0. The number of hydrogen-bond acceptors (Lipinski definition) is 2. The number of rotatable bonds is 5. The molecule has 1 saturated carbocycles. The third kappa shape index (κ3) is 3.97. The van der Waals surface area contributed by atoms with Crippen LogP contribution < -0.4 is 5.32 Å². The smallest absolute Gasteiger partial charge is 0.245 e. The summed E-state index contributed by atoms with van der Waals surface area (Å²) < 4.78 is 0. The fourth-order valence-corrected chi connectivity index (χ4v) is 3.40. The number of piperazine rings is 1. The Balaban J connectivity index is 1.92. The van der Waals surface area contributed by atoms with Crippen LogP contribution in [0.1, 0.15) is 58.8 Å². The van der Waals surface area contributed by atoms with Crippen molar-refractivity contribution in [3.05, 3.63) is 0 Å². The van der Waals surface area contributed by atoms with Crippen LogP contribution in [0.15, 0.2) is 0 Å². The van der Waals surface area contributed by atoms with Crippen molar-refractivity contribution >= 4 is 11.8 Å². The van der Waals surface area contributed by atoms with Crippen LogP contribution in [0.3, 0.4) is 0 Å². The molecule has 20 heavy (non-hydrogen) atoms. The Kier molecular flexibility index (Phi) is 5.44. The molecule has 1 saturated heterocycles. The SMILES string of the molecule is CC(C)CCCN1CC(=O)NC(C2CCCCC2)C1=O. The second kappa shape index (κ2) is 7.09. The van der Waals surface area contributed by atoms with E-state index in [0.29, 0.717) is 11.8 Å². The van der Waals surface area contributed by atoms with Gasteiger partial charge in [-0.25, -0.2) is 0 Å². The predicted molar refractivity (Wildman–Crippen MR) is 79.2 cm³/mol. The van der Waals surface area contributed by atoms with Crippen molar-refractivity contribution in [2.24, 2.45) is 11.8 Å². The zero-order valence-electron chi connectivity index (χ0n) is 12.9. The first-order chi connectivity index (χ1) is 9.58. The van der Waals surface area contributed by atoms with Gasteiger partial charge in [0, 0.05) is 6.54 Å². The minimum Gasteiger partial charge on any atom is -0.342 e. The minimum absolute atomic E-state index is 0.0183. The highest BCUT2D eigenvalue weighted by molar-refractivity contribution is 5.95. The van der Waals surface area contributed by atoms with Gasteiger partial charge in [-0.2, -0.15) is 0 Å². The van der Waals surface area contributed by atoms with E-state index in [2.05, 4.69) is 19.2 Å². The summed E-state index contributed by atoms with van der Waals surface area (Å²) in [6.07, 6.45) is 7.92. The van der Waals surface area contributed by atoms with E-state index in [0.717, 1.165) is 32.2 Å². The molecule has 0 aromatic rings. The molecule has 1 aliphatic carbocycles. The summed E-state index contributed by atoms with van der Waals surface area (Å²) in [5, 5.41) is 2.93. The van der Waals surface area contributed by atoms with E-state index in [4.69, 9.17) is 0 Å². The first kappa shape index (κ1) is 15.3. The number of nitrogens with zero attached hydrogens (tertiary/aromatic N) is 1. The van der Waals surface area contributed by atoms with Crippen LogP contribution >= 0.6 is 0 Å². The van der Waals surface area contributed by atoms with Crippen molar-refractivity contribution in [1.82, 2.24) is 10.2 Å². The van der Waals surface area contributed by atoms with Gasteiger partial charge in [-0.3, -0.25) is 9.59 Å². The molecule has 2 fully saturated rings. The van der Waals surface area contributed by atoms with E-state index in [-0.39, 0.29) is 24.4 Å². The lowest BCUT2D eigenvalue weighted by molar-refractivity contribution is -0.146. The second-order valence-corrected chi connectivity index (χ2v) is 6.74. The number of nitrogens with one attached hydrogen (secondary N) is 1. The van der Waals surface area contributed by atoms with Gasteiger partial charge in [-0.15, -0.1) is 0 Å². The summed E-state index contributed by atoms with van der Waals surface area (Å²) in [6, 6.07) is -0.254. The topological polar surface area (TPSA) is 49.4 Å². The lowest BCUT2D eigenvalue weighted by Gasteiger charge is -2.38. The Morgan fingerprint density at radius 1 is 1.20 bits per heavy atom. The summed E-state index contributed by atoms with van der Waals surface area (Å²) in [4.78, 5) is 26.2. The first-order valence-corrected chi connectivity index (χ1v) is 8.16. The molecular weight excluding hydrogens is 252 g/mol. The molecule has 114 valence electrons. The molecule has 4 nitrogen and oxygen atoms in total. The molecule has 1 atom stereocenters. The van der Waals surface area contributed by atoms with E-state index in [9.17, 15) is 9.59 Å². The maximum Gasteiger partial charge on any atom is 0.245 e. The summed E-state index contributed by atoms with van der Waals surface area (Å²) >= 11 is 0. The van der Waals surface area contributed by atoms with Crippen molar-refractivity contribution in [3.8, 4) is 0 Å². The van der Waals surface area contributed by atoms with E-state index in [1.54, 1.807) is 4.90 Å². The van der Waals surface area contributed by atoms with Crippen LogP contribution in [0.2, 0.25) is 0 Å². The number of hydrogen-bond donors (Lipinski definition) is 1. The third-order valence-electron chi connectivity index (χ3n) is 4.56. The molecular formula is C16H28N2O2.